The number of benzene rings is 1. The molecule has 1 aromatic rings. The van der Waals surface area contributed by atoms with Crippen molar-refractivity contribution in [3.8, 4) is 5.75 Å². The van der Waals surface area contributed by atoms with Gasteiger partial charge in [-0.05, 0) is 12.1 Å². The van der Waals surface area contributed by atoms with E-state index < -0.39 is 10.0 Å². The molecule has 4 nitrogen and oxygen atoms in total. The second kappa shape index (κ2) is 3.25. The van der Waals surface area contributed by atoms with Crippen LogP contribution in [0.5, 0.6) is 5.75 Å². The average Bonchev–Trinajstić information content (AvgIpc) is 2.27. The van der Waals surface area contributed by atoms with E-state index >= 15 is 0 Å². The number of rotatable bonds is 0. The van der Waals surface area contributed by atoms with Crippen molar-refractivity contribution in [2.24, 2.45) is 0 Å². The molecule has 0 aromatic heterocycles. The zero-order chi connectivity index (χ0) is 10.2. The fraction of sp³-hybridized carbons (Fsp3) is 0.333. The number of hydrogen-bond acceptors (Lipinski definition) is 3. The normalized spacial score (nSPS) is 20.6. The maximum Gasteiger partial charge on any atom is 0.246 e. The van der Waals surface area contributed by atoms with Gasteiger partial charge in [-0.3, -0.25) is 0 Å². The molecule has 0 fully saturated rings. The van der Waals surface area contributed by atoms with E-state index in [1.807, 2.05) is 0 Å². The van der Waals surface area contributed by atoms with Gasteiger partial charge in [-0.25, -0.2) is 8.42 Å². The van der Waals surface area contributed by atoms with Crippen LogP contribution in [0.25, 0.3) is 0 Å². The molecule has 76 valence electrons. The minimum atomic E-state index is -3.35. The van der Waals surface area contributed by atoms with Crippen LogP contribution in [-0.4, -0.2) is 32.9 Å². The third-order valence-electron chi connectivity index (χ3n) is 2.20. The molecule has 0 N–H and O–H groups in total. The summed E-state index contributed by atoms with van der Waals surface area (Å²) in [5, 5.41) is 0. The molecule has 0 aliphatic carbocycles. The number of hydrogen-bond donors (Lipinski definition) is 0. The Kier molecular flexibility index (Phi) is 2.20. The van der Waals surface area contributed by atoms with Crippen LogP contribution in [0.2, 0.25) is 0 Å². The minimum absolute atomic E-state index is 0.250. The van der Waals surface area contributed by atoms with Crippen LogP contribution in [0, 0.1) is 0 Å². The highest BCUT2D eigenvalue weighted by Gasteiger charge is 2.27. The fourth-order valence-corrected chi connectivity index (χ4v) is 2.64. The van der Waals surface area contributed by atoms with E-state index in [9.17, 15) is 8.42 Å². The lowest BCUT2D eigenvalue weighted by Gasteiger charge is -2.12. The van der Waals surface area contributed by atoms with E-state index in [-0.39, 0.29) is 4.90 Å². The van der Waals surface area contributed by atoms with Gasteiger partial charge in [0.05, 0.1) is 0 Å². The van der Waals surface area contributed by atoms with Crippen LogP contribution in [0.15, 0.2) is 29.2 Å². The smallest absolute Gasteiger partial charge is 0.246 e. The van der Waals surface area contributed by atoms with Crippen LogP contribution in [-0.2, 0) is 10.0 Å². The van der Waals surface area contributed by atoms with Gasteiger partial charge in [-0.1, -0.05) is 12.1 Å². The van der Waals surface area contributed by atoms with E-state index in [1.165, 1.54) is 4.31 Å². The molecule has 0 radical (unpaired) electrons. The lowest BCUT2D eigenvalue weighted by Crippen LogP contribution is -2.28. The Labute approximate surface area is 83.2 Å². The molecule has 2 rings (SSSR count). The first-order chi connectivity index (χ1) is 6.62. The quantitative estimate of drug-likeness (QED) is 0.637. The summed E-state index contributed by atoms with van der Waals surface area (Å²) in [6, 6.07) is 6.69. The van der Waals surface area contributed by atoms with Gasteiger partial charge in [-0.15, -0.1) is 0 Å². The Balaban J connectivity index is 2.63. The third kappa shape index (κ3) is 1.38. The fourth-order valence-electron chi connectivity index (χ4n) is 1.35. The van der Waals surface area contributed by atoms with Crippen LogP contribution < -0.4 is 4.74 Å². The predicted octanol–water partition coefficient (Wildman–Crippen LogP) is 0.700. The van der Waals surface area contributed by atoms with Crippen molar-refractivity contribution >= 4 is 10.0 Å². The van der Waals surface area contributed by atoms with Gasteiger partial charge in [0.15, 0.2) is 0 Å². The summed E-state index contributed by atoms with van der Waals surface area (Å²) >= 11 is 0. The molecule has 1 aliphatic rings. The summed E-state index contributed by atoms with van der Waals surface area (Å²) in [6.07, 6.45) is 0. The number of ether oxygens (including phenoxy) is 1. The number of para-hydroxylation sites is 1. The number of nitrogens with zero attached hydrogens (tertiary/aromatic N) is 1. The van der Waals surface area contributed by atoms with Crippen molar-refractivity contribution in [1.82, 2.24) is 4.31 Å². The van der Waals surface area contributed by atoms with E-state index in [0.29, 0.717) is 18.9 Å². The molecule has 1 heterocycles. The highest BCUT2D eigenvalue weighted by molar-refractivity contribution is 7.89. The maximum absolute atomic E-state index is 11.9. The molecule has 0 atom stereocenters. The Bertz CT molecular complexity index is 441. The maximum atomic E-state index is 11.9. The highest BCUT2D eigenvalue weighted by atomic mass is 32.2. The van der Waals surface area contributed by atoms with Crippen molar-refractivity contribution in [1.29, 1.82) is 0 Å². The van der Waals surface area contributed by atoms with Crippen LogP contribution in [0.3, 0.4) is 0 Å². The first kappa shape index (κ1) is 9.48. The van der Waals surface area contributed by atoms with Crippen molar-refractivity contribution in [3.05, 3.63) is 24.3 Å². The van der Waals surface area contributed by atoms with Crippen molar-refractivity contribution < 1.29 is 13.2 Å². The Hall–Kier alpha value is -1.07. The number of sulfonamides is 1. The van der Waals surface area contributed by atoms with Crippen molar-refractivity contribution in [2.45, 2.75) is 4.90 Å². The SMILES string of the molecule is CN1CCOc2ccccc2S1(=O)=O. The summed E-state index contributed by atoms with van der Waals surface area (Å²) in [5.41, 5.74) is 0. The molecule has 0 unspecified atom stereocenters. The second-order valence-electron chi connectivity index (χ2n) is 3.12. The van der Waals surface area contributed by atoms with E-state index in [2.05, 4.69) is 0 Å². The predicted molar refractivity (Wildman–Crippen MR) is 51.8 cm³/mol. The number of fused-ring (bicyclic) bond motifs is 1. The molecular weight excluding hydrogens is 202 g/mol. The molecule has 0 bridgehead atoms. The van der Waals surface area contributed by atoms with Gasteiger partial charge < -0.3 is 4.74 Å². The molecular formula is C9H11NO3S. The van der Waals surface area contributed by atoms with Gasteiger partial charge in [-0.2, -0.15) is 4.31 Å². The van der Waals surface area contributed by atoms with Crippen LogP contribution in [0.4, 0.5) is 0 Å². The van der Waals surface area contributed by atoms with Gasteiger partial charge in [0, 0.05) is 13.6 Å². The summed E-state index contributed by atoms with van der Waals surface area (Å²) in [5.74, 6) is 0.442. The Morgan fingerprint density at radius 2 is 2.07 bits per heavy atom. The van der Waals surface area contributed by atoms with Crippen LogP contribution >= 0.6 is 0 Å². The van der Waals surface area contributed by atoms with Crippen molar-refractivity contribution in [3.63, 3.8) is 0 Å². The van der Waals surface area contributed by atoms with E-state index in [0.717, 1.165) is 0 Å². The van der Waals surface area contributed by atoms with Gasteiger partial charge >= 0.3 is 0 Å². The minimum Gasteiger partial charge on any atom is -0.491 e. The third-order valence-corrected chi connectivity index (χ3v) is 4.10. The molecule has 1 aromatic carbocycles. The summed E-state index contributed by atoms with van der Waals surface area (Å²) in [4.78, 5) is 0.250. The zero-order valence-corrected chi connectivity index (χ0v) is 8.62. The van der Waals surface area contributed by atoms with Crippen LogP contribution in [0.1, 0.15) is 0 Å². The zero-order valence-electron chi connectivity index (χ0n) is 7.80. The molecule has 14 heavy (non-hydrogen) atoms. The molecule has 0 saturated heterocycles. The summed E-state index contributed by atoms with van der Waals surface area (Å²) in [6.45, 7) is 0.782. The molecule has 0 saturated carbocycles. The Morgan fingerprint density at radius 3 is 2.86 bits per heavy atom. The number of likely N-dealkylation sites (N-methyl/N-ethyl adjacent to an activating group) is 1. The van der Waals surface area contributed by atoms with E-state index in [1.54, 1.807) is 31.3 Å². The van der Waals surface area contributed by atoms with E-state index in [4.69, 9.17) is 4.74 Å². The summed E-state index contributed by atoms with van der Waals surface area (Å²) in [7, 11) is -1.79. The first-order valence-corrected chi connectivity index (χ1v) is 5.74. The van der Waals surface area contributed by atoms with Gasteiger partial charge in [0.2, 0.25) is 10.0 Å². The van der Waals surface area contributed by atoms with Gasteiger partial charge in [0.1, 0.15) is 17.3 Å². The second-order valence-corrected chi connectivity index (χ2v) is 5.14. The Morgan fingerprint density at radius 1 is 1.36 bits per heavy atom. The molecule has 1 aliphatic heterocycles. The largest absolute Gasteiger partial charge is 0.491 e. The highest BCUT2D eigenvalue weighted by Crippen LogP contribution is 2.27. The molecule has 0 spiro atoms. The summed E-state index contributed by atoms with van der Waals surface area (Å²) < 4.78 is 30.4. The lowest BCUT2D eigenvalue weighted by atomic mass is 10.3. The molecule has 5 heteroatoms. The lowest BCUT2D eigenvalue weighted by molar-refractivity contribution is 0.293. The molecule has 0 amide bonds. The average molecular weight is 213 g/mol. The van der Waals surface area contributed by atoms with Gasteiger partial charge in [0.25, 0.3) is 0 Å². The first-order valence-electron chi connectivity index (χ1n) is 4.30. The standard InChI is InChI=1S/C9H11NO3S/c1-10-6-7-13-8-4-2-3-5-9(8)14(10,11)12/h2-5H,6-7H2,1H3. The monoisotopic (exact) mass is 213 g/mol. The topological polar surface area (TPSA) is 46.6 Å². The van der Waals surface area contributed by atoms with Crippen molar-refractivity contribution in [2.75, 3.05) is 20.2 Å².